The van der Waals surface area contributed by atoms with Crippen LogP contribution in [0.25, 0.3) is 0 Å². The highest BCUT2D eigenvalue weighted by molar-refractivity contribution is 14.0. The van der Waals surface area contributed by atoms with E-state index in [0.717, 1.165) is 43.3 Å². The van der Waals surface area contributed by atoms with Gasteiger partial charge < -0.3 is 20.3 Å². The van der Waals surface area contributed by atoms with Crippen LogP contribution in [0.1, 0.15) is 30.5 Å². The minimum atomic E-state index is -0.178. The van der Waals surface area contributed by atoms with Crippen LogP contribution in [0.2, 0.25) is 0 Å². The maximum Gasteiger partial charge on any atom is 0.191 e. The number of anilines is 1. The normalized spacial score (nSPS) is 17.3. The summed E-state index contributed by atoms with van der Waals surface area (Å²) >= 11 is 0. The van der Waals surface area contributed by atoms with Gasteiger partial charge in [0.15, 0.2) is 5.96 Å². The van der Waals surface area contributed by atoms with Crippen molar-refractivity contribution in [3.8, 4) is 5.75 Å². The number of hydrogen-bond donors (Lipinski definition) is 2. The summed E-state index contributed by atoms with van der Waals surface area (Å²) in [4.78, 5) is 6.72. The standard InChI is InChI=1S/C23H31FN4O.HI/c1-16-8-9-19(12-22(16)24)17(2)27-23(25-3)26-14-18-10-11-28(15-18)20-6-5-7-21(13-20)29-4;/h5-9,12-13,17-18H,10-11,14-15H2,1-4H3,(H2,25,26,27);1H. The van der Waals surface area contributed by atoms with Crippen LogP contribution in [-0.2, 0) is 0 Å². The molecule has 3 rings (SSSR count). The Hall–Kier alpha value is -2.03. The molecule has 1 aliphatic rings. The van der Waals surface area contributed by atoms with Gasteiger partial charge in [0, 0.05) is 38.4 Å². The first kappa shape index (κ1) is 24.2. The third kappa shape index (κ3) is 6.23. The predicted octanol–water partition coefficient (Wildman–Crippen LogP) is 4.51. The van der Waals surface area contributed by atoms with Crippen molar-refractivity contribution in [1.82, 2.24) is 10.6 Å². The Kier molecular flexibility index (Phi) is 9.20. The quantitative estimate of drug-likeness (QED) is 0.331. The Morgan fingerprint density at radius 2 is 2.10 bits per heavy atom. The summed E-state index contributed by atoms with van der Waals surface area (Å²) in [6.45, 7) is 6.65. The smallest absolute Gasteiger partial charge is 0.191 e. The maximum atomic E-state index is 13.8. The Morgan fingerprint density at radius 3 is 2.80 bits per heavy atom. The summed E-state index contributed by atoms with van der Waals surface area (Å²) < 4.78 is 19.2. The second-order valence-electron chi connectivity index (χ2n) is 7.63. The molecule has 1 heterocycles. The van der Waals surface area contributed by atoms with Crippen LogP contribution in [0.4, 0.5) is 10.1 Å². The molecule has 0 aromatic heterocycles. The molecule has 0 radical (unpaired) electrons. The zero-order chi connectivity index (χ0) is 20.8. The molecule has 0 saturated carbocycles. The second kappa shape index (κ2) is 11.4. The number of halogens is 2. The van der Waals surface area contributed by atoms with Crippen molar-refractivity contribution in [2.45, 2.75) is 26.3 Å². The number of benzene rings is 2. The van der Waals surface area contributed by atoms with Gasteiger partial charge in [-0.25, -0.2) is 4.39 Å². The number of methoxy groups -OCH3 is 1. The van der Waals surface area contributed by atoms with Crippen molar-refractivity contribution in [2.75, 3.05) is 38.7 Å². The van der Waals surface area contributed by atoms with Crippen molar-refractivity contribution in [1.29, 1.82) is 0 Å². The Bertz CT molecular complexity index is 861. The van der Waals surface area contributed by atoms with Gasteiger partial charge in [-0.05, 0) is 55.5 Å². The number of ether oxygens (including phenoxy) is 1. The molecule has 2 unspecified atom stereocenters. The highest BCUT2D eigenvalue weighted by atomic mass is 127. The van der Waals surface area contributed by atoms with Gasteiger partial charge in [0.25, 0.3) is 0 Å². The molecule has 164 valence electrons. The van der Waals surface area contributed by atoms with E-state index in [1.165, 1.54) is 5.69 Å². The maximum absolute atomic E-state index is 13.8. The molecule has 2 atom stereocenters. The van der Waals surface area contributed by atoms with Gasteiger partial charge in [0.1, 0.15) is 11.6 Å². The minimum Gasteiger partial charge on any atom is -0.497 e. The summed E-state index contributed by atoms with van der Waals surface area (Å²) in [5.41, 5.74) is 2.76. The fraction of sp³-hybridized carbons (Fsp3) is 0.435. The van der Waals surface area contributed by atoms with E-state index in [0.29, 0.717) is 11.5 Å². The van der Waals surface area contributed by atoms with Gasteiger partial charge in [-0.2, -0.15) is 0 Å². The topological polar surface area (TPSA) is 48.9 Å². The van der Waals surface area contributed by atoms with Crippen LogP contribution < -0.4 is 20.3 Å². The van der Waals surface area contributed by atoms with Gasteiger partial charge in [-0.3, -0.25) is 4.99 Å². The van der Waals surface area contributed by atoms with Gasteiger partial charge in [-0.15, -0.1) is 24.0 Å². The first-order chi connectivity index (χ1) is 14.0. The van der Waals surface area contributed by atoms with Gasteiger partial charge in [0.05, 0.1) is 13.2 Å². The largest absolute Gasteiger partial charge is 0.497 e. The third-order valence-electron chi connectivity index (χ3n) is 5.54. The minimum absolute atomic E-state index is 0. The predicted molar refractivity (Wildman–Crippen MR) is 133 cm³/mol. The van der Waals surface area contributed by atoms with Crippen molar-refractivity contribution < 1.29 is 9.13 Å². The van der Waals surface area contributed by atoms with Crippen LogP contribution in [0.15, 0.2) is 47.5 Å². The van der Waals surface area contributed by atoms with Crippen molar-refractivity contribution >= 4 is 35.6 Å². The van der Waals surface area contributed by atoms with Crippen molar-refractivity contribution in [3.05, 3.63) is 59.4 Å². The van der Waals surface area contributed by atoms with Crippen LogP contribution in [0.5, 0.6) is 5.75 Å². The second-order valence-corrected chi connectivity index (χ2v) is 7.63. The van der Waals surface area contributed by atoms with Gasteiger partial charge >= 0.3 is 0 Å². The van der Waals surface area contributed by atoms with E-state index < -0.39 is 0 Å². The fourth-order valence-corrected chi connectivity index (χ4v) is 3.64. The van der Waals surface area contributed by atoms with Crippen LogP contribution in [0.3, 0.4) is 0 Å². The van der Waals surface area contributed by atoms with Crippen molar-refractivity contribution in [3.63, 3.8) is 0 Å². The zero-order valence-corrected chi connectivity index (χ0v) is 20.4. The molecule has 7 heteroatoms. The molecule has 0 spiro atoms. The number of guanidine groups is 1. The summed E-state index contributed by atoms with van der Waals surface area (Å²) in [5, 5.41) is 6.78. The lowest BCUT2D eigenvalue weighted by Gasteiger charge is -2.21. The highest BCUT2D eigenvalue weighted by Crippen LogP contribution is 2.26. The molecule has 30 heavy (non-hydrogen) atoms. The summed E-state index contributed by atoms with van der Waals surface area (Å²) in [6.07, 6.45) is 1.12. The molecule has 0 bridgehead atoms. The molecule has 1 fully saturated rings. The van der Waals surface area contributed by atoms with Crippen LogP contribution >= 0.6 is 24.0 Å². The monoisotopic (exact) mass is 526 g/mol. The Labute approximate surface area is 196 Å². The van der Waals surface area contributed by atoms with E-state index in [9.17, 15) is 4.39 Å². The summed E-state index contributed by atoms with van der Waals surface area (Å²) in [5.74, 6) is 1.98. The SMILES string of the molecule is CN=C(NCC1CCN(c2cccc(OC)c2)C1)NC(C)c1ccc(C)c(F)c1.I. The lowest BCUT2D eigenvalue weighted by atomic mass is 10.1. The lowest BCUT2D eigenvalue weighted by molar-refractivity contribution is 0.415. The zero-order valence-electron chi connectivity index (χ0n) is 18.1. The summed E-state index contributed by atoms with van der Waals surface area (Å²) in [6, 6.07) is 13.5. The molecule has 1 aliphatic heterocycles. The molecule has 0 amide bonds. The average molecular weight is 526 g/mol. The number of nitrogens with zero attached hydrogens (tertiary/aromatic N) is 2. The van der Waals surface area contributed by atoms with Gasteiger partial charge in [0.2, 0.25) is 0 Å². The molecule has 2 N–H and O–H groups in total. The molecule has 5 nitrogen and oxygen atoms in total. The molecule has 2 aromatic rings. The number of hydrogen-bond acceptors (Lipinski definition) is 3. The number of nitrogens with one attached hydrogen (secondary N) is 2. The Balaban J connectivity index is 0.00000320. The van der Waals surface area contributed by atoms with E-state index in [4.69, 9.17) is 4.74 Å². The first-order valence-electron chi connectivity index (χ1n) is 10.1. The average Bonchev–Trinajstić information content (AvgIpc) is 3.22. The first-order valence-corrected chi connectivity index (χ1v) is 10.1. The lowest BCUT2D eigenvalue weighted by Crippen LogP contribution is -2.41. The fourth-order valence-electron chi connectivity index (χ4n) is 3.64. The molecular weight excluding hydrogens is 494 g/mol. The highest BCUT2D eigenvalue weighted by Gasteiger charge is 2.23. The molecule has 0 aliphatic carbocycles. The van der Waals surface area contributed by atoms with Crippen LogP contribution in [-0.4, -0.2) is 39.8 Å². The van der Waals surface area contributed by atoms with E-state index in [-0.39, 0.29) is 35.8 Å². The third-order valence-corrected chi connectivity index (χ3v) is 5.54. The Morgan fingerprint density at radius 1 is 1.30 bits per heavy atom. The van der Waals surface area contributed by atoms with Gasteiger partial charge in [-0.1, -0.05) is 18.2 Å². The number of aryl methyl sites for hydroxylation is 1. The molecular formula is C23H32FIN4O. The molecule has 1 saturated heterocycles. The van der Waals surface area contributed by atoms with Crippen LogP contribution in [0, 0.1) is 18.7 Å². The number of rotatable bonds is 6. The van der Waals surface area contributed by atoms with Crippen molar-refractivity contribution in [2.24, 2.45) is 10.9 Å². The van der Waals surface area contributed by atoms with E-state index in [1.807, 2.05) is 31.2 Å². The molecule has 2 aromatic carbocycles. The summed E-state index contributed by atoms with van der Waals surface area (Å²) in [7, 11) is 3.45. The van der Waals surface area contributed by atoms with E-state index in [2.05, 4.69) is 32.7 Å². The number of aliphatic imine (C=N–C) groups is 1. The van der Waals surface area contributed by atoms with E-state index >= 15 is 0 Å². The van der Waals surface area contributed by atoms with E-state index in [1.54, 1.807) is 27.1 Å².